The Balaban J connectivity index is 1.56. The Morgan fingerprint density at radius 1 is 0.867 bits per heavy atom. The predicted octanol–water partition coefficient (Wildman–Crippen LogP) is 5.96. The van der Waals surface area contributed by atoms with Gasteiger partial charge in [0.1, 0.15) is 12.4 Å². The number of carbonyl (C=O) groups is 1. The minimum absolute atomic E-state index is 0.0518. The normalized spacial score (nSPS) is 11.9. The number of benzene rings is 2. The zero-order valence-corrected chi connectivity index (χ0v) is 19.3. The molecular weight excluding hydrogens is 394 g/mol. The lowest BCUT2D eigenvalue weighted by molar-refractivity contribution is 0.102. The molecule has 1 heterocycles. The van der Waals surface area contributed by atoms with Crippen molar-refractivity contribution in [2.24, 2.45) is 0 Å². The maximum atomic E-state index is 12.5. The van der Waals surface area contributed by atoms with Gasteiger partial charge in [-0.3, -0.25) is 10.1 Å². The molecule has 1 amide bonds. The van der Waals surface area contributed by atoms with Crippen molar-refractivity contribution in [3.63, 3.8) is 0 Å². The van der Waals surface area contributed by atoms with Crippen molar-refractivity contribution in [3.8, 4) is 5.75 Å². The molecule has 0 aliphatic rings. The summed E-state index contributed by atoms with van der Waals surface area (Å²) >= 11 is 1.31. The van der Waals surface area contributed by atoms with Gasteiger partial charge in [0.05, 0.1) is 0 Å². The minimum atomic E-state index is -0.197. The first-order valence-corrected chi connectivity index (χ1v) is 10.8. The second kappa shape index (κ2) is 8.56. The molecule has 0 radical (unpaired) electrons. The number of amides is 1. The molecule has 0 saturated carbocycles. The van der Waals surface area contributed by atoms with Crippen LogP contribution in [0, 0.1) is 0 Å². The van der Waals surface area contributed by atoms with Crippen LogP contribution in [-0.2, 0) is 17.4 Å². The molecule has 5 nitrogen and oxygen atoms in total. The Kier molecular flexibility index (Phi) is 6.27. The van der Waals surface area contributed by atoms with Gasteiger partial charge in [-0.2, -0.15) is 0 Å². The highest BCUT2D eigenvalue weighted by molar-refractivity contribution is 7.15. The van der Waals surface area contributed by atoms with Gasteiger partial charge in [-0.25, -0.2) is 0 Å². The number of hydrogen-bond acceptors (Lipinski definition) is 5. The molecule has 2 aromatic carbocycles. The Hall–Kier alpha value is -2.73. The van der Waals surface area contributed by atoms with Crippen LogP contribution in [0.2, 0.25) is 0 Å². The summed E-state index contributed by atoms with van der Waals surface area (Å²) < 4.78 is 5.80. The van der Waals surface area contributed by atoms with Crippen molar-refractivity contribution in [2.75, 3.05) is 5.32 Å². The SMILES string of the molecule is CC(C)(C)c1ccc(OCc2nnc(NC(=O)c3ccc(C(C)(C)C)cc3)s2)cc1. The molecule has 1 N–H and O–H groups in total. The first-order valence-electron chi connectivity index (χ1n) is 10.00. The first kappa shape index (κ1) is 22.0. The molecule has 0 aliphatic heterocycles. The predicted molar refractivity (Wildman–Crippen MR) is 122 cm³/mol. The van der Waals surface area contributed by atoms with Crippen molar-refractivity contribution < 1.29 is 9.53 Å². The summed E-state index contributed by atoms with van der Waals surface area (Å²) in [6.07, 6.45) is 0. The number of nitrogens with one attached hydrogen (secondary N) is 1. The molecule has 0 atom stereocenters. The minimum Gasteiger partial charge on any atom is -0.486 e. The molecule has 158 valence electrons. The van der Waals surface area contributed by atoms with Crippen LogP contribution in [0.5, 0.6) is 5.75 Å². The van der Waals surface area contributed by atoms with Crippen LogP contribution < -0.4 is 10.1 Å². The quantitative estimate of drug-likeness (QED) is 0.549. The Labute approximate surface area is 182 Å². The van der Waals surface area contributed by atoms with Gasteiger partial charge in [0.25, 0.3) is 5.91 Å². The monoisotopic (exact) mass is 423 g/mol. The Morgan fingerprint density at radius 2 is 1.40 bits per heavy atom. The maximum absolute atomic E-state index is 12.5. The van der Waals surface area contributed by atoms with E-state index in [9.17, 15) is 4.79 Å². The Bertz CT molecular complexity index is 995. The number of rotatable bonds is 5. The van der Waals surface area contributed by atoms with Crippen molar-refractivity contribution in [1.82, 2.24) is 10.2 Å². The second-order valence-electron chi connectivity index (χ2n) is 9.35. The van der Waals surface area contributed by atoms with Crippen LogP contribution in [0.1, 0.15) is 68.0 Å². The van der Waals surface area contributed by atoms with Gasteiger partial charge < -0.3 is 4.74 Å². The first-order chi connectivity index (χ1) is 14.0. The lowest BCUT2D eigenvalue weighted by Gasteiger charge is -2.19. The van der Waals surface area contributed by atoms with Gasteiger partial charge in [-0.1, -0.05) is 77.1 Å². The van der Waals surface area contributed by atoms with Crippen molar-refractivity contribution >= 4 is 22.4 Å². The van der Waals surface area contributed by atoms with Crippen LogP contribution in [0.25, 0.3) is 0 Å². The summed E-state index contributed by atoms with van der Waals surface area (Å²) in [6, 6.07) is 15.7. The molecule has 6 heteroatoms. The molecular formula is C24H29N3O2S. The summed E-state index contributed by atoms with van der Waals surface area (Å²) in [7, 11) is 0. The molecule has 0 unspecified atom stereocenters. The average Bonchev–Trinajstić information content (AvgIpc) is 3.13. The van der Waals surface area contributed by atoms with Gasteiger partial charge in [-0.15, -0.1) is 10.2 Å². The van der Waals surface area contributed by atoms with E-state index >= 15 is 0 Å². The fraction of sp³-hybridized carbons (Fsp3) is 0.375. The Morgan fingerprint density at radius 3 is 1.93 bits per heavy atom. The highest BCUT2D eigenvalue weighted by Gasteiger charge is 2.16. The fourth-order valence-electron chi connectivity index (χ4n) is 2.85. The number of carbonyl (C=O) groups excluding carboxylic acids is 1. The molecule has 30 heavy (non-hydrogen) atoms. The van der Waals surface area contributed by atoms with E-state index < -0.39 is 0 Å². The zero-order chi connectivity index (χ0) is 21.9. The van der Waals surface area contributed by atoms with E-state index in [0.29, 0.717) is 22.3 Å². The third-order valence-corrected chi connectivity index (χ3v) is 5.60. The van der Waals surface area contributed by atoms with E-state index in [2.05, 4.69) is 69.2 Å². The van der Waals surface area contributed by atoms with Crippen molar-refractivity contribution in [2.45, 2.75) is 59.0 Å². The van der Waals surface area contributed by atoms with Gasteiger partial charge >= 0.3 is 0 Å². The summed E-state index contributed by atoms with van der Waals surface area (Å²) in [4.78, 5) is 12.5. The van der Waals surface area contributed by atoms with E-state index in [1.807, 2.05) is 36.4 Å². The van der Waals surface area contributed by atoms with Gasteiger partial charge in [0, 0.05) is 5.56 Å². The van der Waals surface area contributed by atoms with Crippen molar-refractivity contribution in [3.05, 3.63) is 70.2 Å². The van der Waals surface area contributed by atoms with E-state index in [4.69, 9.17) is 4.74 Å². The summed E-state index contributed by atoms with van der Waals surface area (Å²) in [5.74, 6) is 0.583. The number of aromatic nitrogens is 2. The highest BCUT2D eigenvalue weighted by Crippen LogP contribution is 2.26. The van der Waals surface area contributed by atoms with E-state index in [1.165, 1.54) is 22.5 Å². The number of hydrogen-bond donors (Lipinski definition) is 1. The standard InChI is InChI=1S/C24H29N3O2S/c1-23(2,3)17-9-7-16(8-10-17)21(28)25-22-27-26-20(30-22)15-29-19-13-11-18(12-14-19)24(4,5)6/h7-14H,15H2,1-6H3,(H,25,27,28). The van der Waals surface area contributed by atoms with Crippen LogP contribution >= 0.6 is 11.3 Å². The smallest absolute Gasteiger partial charge is 0.257 e. The summed E-state index contributed by atoms with van der Waals surface area (Å²) in [6.45, 7) is 13.3. The molecule has 0 saturated heterocycles. The van der Waals surface area contributed by atoms with E-state index in [0.717, 1.165) is 5.75 Å². The topological polar surface area (TPSA) is 64.1 Å². The van der Waals surface area contributed by atoms with Gasteiger partial charge in [0.15, 0.2) is 5.01 Å². The molecule has 1 aromatic heterocycles. The van der Waals surface area contributed by atoms with Crippen LogP contribution in [0.3, 0.4) is 0 Å². The maximum Gasteiger partial charge on any atom is 0.257 e. The third kappa shape index (κ3) is 5.66. The number of anilines is 1. The lowest BCUT2D eigenvalue weighted by Crippen LogP contribution is -2.14. The third-order valence-electron chi connectivity index (χ3n) is 4.78. The molecule has 0 aliphatic carbocycles. The molecule has 3 aromatic rings. The molecule has 0 spiro atoms. The van der Waals surface area contributed by atoms with Crippen LogP contribution in [0.4, 0.5) is 5.13 Å². The van der Waals surface area contributed by atoms with Gasteiger partial charge in [-0.05, 0) is 46.2 Å². The summed E-state index contributed by atoms with van der Waals surface area (Å²) in [5.41, 5.74) is 3.19. The van der Waals surface area contributed by atoms with Gasteiger partial charge in [0.2, 0.25) is 5.13 Å². The average molecular weight is 424 g/mol. The molecule has 3 rings (SSSR count). The highest BCUT2D eigenvalue weighted by atomic mass is 32.1. The largest absolute Gasteiger partial charge is 0.486 e. The lowest BCUT2D eigenvalue weighted by atomic mass is 9.87. The van der Waals surface area contributed by atoms with Crippen LogP contribution in [-0.4, -0.2) is 16.1 Å². The second-order valence-corrected chi connectivity index (χ2v) is 10.4. The fourth-order valence-corrected chi connectivity index (χ4v) is 3.50. The zero-order valence-electron chi connectivity index (χ0n) is 18.4. The molecule has 0 bridgehead atoms. The van der Waals surface area contributed by atoms with Crippen LogP contribution in [0.15, 0.2) is 48.5 Å². The van der Waals surface area contributed by atoms with Crippen molar-refractivity contribution in [1.29, 1.82) is 0 Å². The number of ether oxygens (including phenoxy) is 1. The van der Waals surface area contributed by atoms with E-state index in [-0.39, 0.29) is 16.7 Å². The molecule has 0 fully saturated rings. The summed E-state index contributed by atoms with van der Waals surface area (Å²) in [5, 5.41) is 12.1. The van der Waals surface area contributed by atoms with E-state index in [1.54, 1.807) is 0 Å². The number of nitrogens with zero attached hydrogens (tertiary/aromatic N) is 2.